The van der Waals surface area contributed by atoms with Crippen LogP contribution in [0.1, 0.15) is 106 Å². The molecule has 6 heteroatoms. The van der Waals surface area contributed by atoms with Crippen LogP contribution in [0.5, 0.6) is 0 Å². The highest BCUT2D eigenvalue weighted by Gasteiger charge is 2.72. The van der Waals surface area contributed by atoms with E-state index in [1.54, 1.807) is 0 Å². The molecule has 0 bridgehead atoms. The number of carbonyl (C=O) groups excluding carboxylic acids is 3. The highest BCUT2D eigenvalue weighted by Crippen LogP contribution is 2.77. The zero-order valence-electron chi connectivity index (χ0n) is 26.0. The van der Waals surface area contributed by atoms with Gasteiger partial charge >= 0.3 is 5.97 Å². The number of allylic oxidation sites excluding steroid dienone is 1. The standard InChI is InChI=1S/C34H54N2O4/c1-21(2)23-10-15-34(29(39)36-19-18-35)17-16-32(6)24(28(23)34)8-9-26-30(4)13-12-27(38)31(5,20-40-22(3)37)25(30)11-14-33(26,32)7/h23-26,28H,1,8-20,35H2,2-7H3,(H,36,39)/t23-,24+,25+,26+,28+,30-,31-,32+,33+,34-/m0/s1. The summed E-state index contributed by atoms with van der Waals surface area (Å²) >= 11 is 0. The van der Waals surface area contributed by atoms with E-state index in [2.05, 4.69) is 46.5 Å². The van der Waals surface area contributed by atoms with E-state index in [1.807, 2.05) is 0 Å². The van der Waals surface area contributed by atoms with E-state index in [0.717, 1.165) is 57.8 Å². The van der Waals surface area contributed by atoms with E-state index in [4.69, 9.17) is 10.5 Å². The van der Waals surface area contributed by atoms with Gasteiger partial charge in [0.05, 0.1) is 10.8 Å². The summed E-state index contributed by atoms with van der Waals surface area (Å²) in [6, 6.07) is 0. The maximum absolute atomic E-state index is 13.9. The van der Waals surface area contributed by atoms with Crippen LogP contribution in [0.15, 0.2) is 12.2 Å². The molecule has 0 heterocycles. The van der Waals surface area contributed by atoms with Crippen LogP contribution >= 0.6 is 0 Å². The average molecular weight is 555 g/mol. The number of ketones is 1. The third-order valence-corrected chi connectivity index (χ3v) is 14.1. The van der Waals surface area contributed by atoms with Crippen molar-refractivity contribution in [2.45, 2.75) is 106 Å². The van der Waals surface area contributed by atoms with Crippen LogP contribution in [-0.4, -0.2) is 37.4 Å². The molecule has 0 aromatic carbocycles. The number of nitrogens with two attached hydrogens (primary N) is 1. The zero-order valence-corrected chi connectivity index (χ0v) is 26.0. The summed E-state index contributed by atoms with van der Waals surface area (Å²) in [5.41, 5.74) is 6.38. The highest BCUT2D eigenvalue weighted by molar-refractivity contribution is 5.86. The summed E-state index contributed by atoms with van der Waals surface area (Å²) < 4.78 is 5.54. The molecule has 0 saturated heterocycles. The molecule has 0 aromatic heterocycles. The van der Waals surface area contributed by atoms with Gasteiger partial charge in [0.15, 0.2) is 0 Å². The molecule has 0 aliphatic heterocycles. The molecule has 5 saturated carbocycles. The van der Waals surface area contributed by atoms with Gasteiger partial charge in [-0.05, 0) is 117 Å². The lowest BCUT2D eigenvalue weighted by Gasteiger charge is -2.72. The molecule has 0 unspecified atom stereocenters. The molecule has 0 spiro atoms. The Balaban J connectivity index is 1.51. The molecule has 3 N–H and O–H groups in total. The van der Waals surface area contributed by atoms with Crippen molar-refractivity contribution in [1.29, 1.82) is 0 Å². The number of rotatable bonds is 6. The van der Waals surface area contributed by atoms with Gasteiger partial charge < -0.3 is 15.8 Å². The lowest BCUT2D eigenvalue weighted by molar-refractivity contribution is -0.237. The Morgan fingerprint density at radius 2 is 1.68 bits per heavy atom. The third-order valence-electron chi connectivity index (χ3n) is 14.1. The Bertz CT molecular complexity index is 1090. The fourth-order valence-electron chi connectivity index (χ4n) is 12.0. The molecule has 224 valence electrons. The van der Waals surface area contributed by atoms with Gasteiger partial charge in [0.1, 0.15) is 12.4 Å². The first-order chi connectivity index (χ1) is 18.7. The van der Waals surface area contributed by atoms with Crippen LogP contribution in [0.25, 0.3) is 0 Å². The van der Waals surface area contributed by atoms with Crippen molar-refractivity contribution in [2.75, 3.05) is 19.7 Å². The van der Waals surface area contributed by atoms with Crippen molar-refractivity contribution < 1.29 is 19.1 Å². The SMILES string of the molecule is C=C(C)[C@@H]1CC[C@]2(C(=O)NCCN)CC[C@]3(C)[C@H](CC[C@@H]4[C@@]5(C)CCC(=O)[C@@](C)(COC(C)=O)[C@@H]5CC[C@]43C)[C@@H]12. The lowest BCUT2D eigenvalue weighted by atomic mass is 9.32. The first kappa shape index (κ1) is 29.8. The Labute approximate surface area is 242 Å². The Hall–Kier alpha value is -1.69. The molecular weight excluding hydrogens is 500 g/mol. The van der Waals surface area contributed by atoms with Crippen molar-refractivity contribution in [3.05, 3.63) is 12.2 Å². The molecule has 5 aliphatic rings. The van der Waals surface area contributed by atoms with Gasteiger partial charge in [0, 0.05) is 26.4 Å². The second-order valence-electron chi connectivity index (χ2n) is 15.5. The Morgan fingerprint density at radius 1 is 0.950 bits per heavy atom. The second kappa shape index (κ2) is 9.95. The summed E-state index contributed by atoms with van der Waals surface area (Å²) in [7, 11) is 0. The van der Waals surface area contributed by atoms with Crippen molar-refractivity contribution in [1.82, 2.24) is 5.32 Å². The number of hydrogen-bond acceptors (Lipinski definition) is 5. The van der Waals surface area contributed by atoms with Gasteiger partial charge in [-0.1, -0.05) is 32.9 Å². The molecule has 5 rings (SSSR count). The quantitative estimate of drug-likeness (QED) is 0.318. The first-order valence-electron chi connectivity index (χ1n) is 16.0. The minimum Gasteiger partial charge on any atom is -0.465 e. The minimum atomic E-state index is -0.614. The van der Waals surface area contributed by atoms with Crippen LogP contribution in [0.2, 0.25) is 0 Å². The summed E-state index contributed by atoms with van der Waals surface area (Å²) in [5, 5.41) is 3.21. The molecule has 0 aromatic rings. The molecule has 0 radical (unpaired) electrons. The summed E-state index contributed by atoms with van der Waals surface area (Å²) in [5.74, 6) is 2.11. The van der Waals surface area contributed by atoms with Crippen LogP contribution in [0, 0.1) is 56.7 Å². The predicted molar refractivity (Wildman–Crippen MR) is 157 cm³/mol. The molecule has 10 atom stereocenters. The minimum absolute atomic E-state index is 0.0280. The number of carbonyl (C=O) groups is 3. The van der Waals surface area contributed by atoms with Crippen LogP contribution < -0.4 is 11.1 Å². The maximum atomic E-state index is 13.9. The number of esters is 1. The number of nitrogens with one attached hydrogen (secondary N) is 1. The first-order valence-corrected chi connectivity index (χ1v) is 16.0. The smallest absolute Gasteiger partial charge is 0.302 e. The number of hydrogen-bond donors (Lipinski definition) is 2. The zero-order chi connectivity index (χ0) is 29.3. The molecule has 6 nitrogen and oxygen atoms in total. The van der Waals surface area contributed by atoms with E-state index >= 15 is 0 Å². The van der Waals surface area contributed by atoms with E-state index < -0.39 is 5.41 Å². The Morgan fingerprint density at radius 3 is 2.33 bits per heavy atom. The van der Waals surface area contributed by atoms with Gasteiger partial charge in [-0.3, -0.25) is 14.4 Å². The van der Waals surface area contributed by atoms with E-state index in [9.17, 15) is 14.4 Å². The molecule has 5 aliphatic carbocycles. The molecule has 1 amide bonds. The summed E-state index contributed by atoms with van der Waals surface area (Å²) in [4.78, 5) is 39.0. The molecule has 40 heavy (non-hydrogen) atoms. The molecular formula is C34H54N2O4. The fraction of sp³-hybridized carbons (Fsp3) is 0.853. The second-order valence-corrected chi connectivity index (χ2v) is 15.5. The largest absolute Gasteiger partial charge is 0.465 e. The average Bonchev–Trinajstić information content (AvgIpc) is 3.30. The summed E-state index contributed by atoms with van der Waals surface area (Å²) in [6.45, 7) is 18.9. The van der Waals surface area contributed by atoms with Gasteiger partial charge in [0.25, 0.3) is 0 Å². The third kappa shape index (κ3) is 3.93. The molecule has 5 fully saturated rings. The lowest BCUT2D eigenvalue weighted by Crippen LogP contribution is -2.67. The van der Waals surface area contributed by atoms with Gasteiger partial charge in [-0.2, -0.15) is 0 Å². The Kier molecular flexibility index (Phi) is 7.41. The normalized spacial score (nSPS) is 47.8. The highest BCUT2D eigenvalue weighted by atomic mass is 16.5. The van der Waals surface area contributed by atoms with Crippen molar-refractivity contribution in [2.24, 2.45) is 62.4 Å². The monoisotopic (exact) mass is 554 g/mol. The number of ether oxygens (including phenoxy) is 1. The predicted octanol–water partition coefficient (Wildman–Crippen LogP) is 5.83. The van der Waals surface area contributed by atoms with E-state index in [1.165, 1.54) is 12.5 Å². The topological polar surface area (TPSA) is 98.5 Å². The van der Waals surface area contributed by atoms with Crippen LogP contribution in [0.4, 0.5) is 0 Å². The number of fused-ring (bicyclic) bond motifs is 7. The van der Waals surface area contributed by atoms with E-state index in [0.29, 0.717) is 43.2 Å². The van der Waals surface area contributed by atoms with Gasteiger partial charge in [0.2, 0.25) is 5.91 Å². The summed E-state index contributed by atoms with van der Waals surface area (Å²) in [6.07, 6.45) is 9.87. The van der Waals surface area contributed by atoms with Crippen LogP contribution in [0.3, 0.4) is 0 Å². The van der Waals surface area contributed by atoms with Crippen molar-refractivity contribution >= 4 is 17.7 Å². The number of Topliss-reactive ketones (excluding diaryl/α,β-unsaturated/α-hetero) is 1. The van der Waals surface area contributed by atoms with Crippen molar-refractivity contribution in [3.8, 4) is 0 Å². The van der Waals surface area contributed by atoms with E-state index in [-0.39, 0.29) is 51.8 Å². The van der Waals surface area contributed by atoms with Gasteiger partial charge in [-0.25, -0.2) is 0 Å². The fourth-order valence-corrected chi connectivity index (χ4v) is 12.0. The van der Waals surface area contributed by atoms with Crippen molar-refractivity contribution in [3.63, 3.8) is 0 Å². The van der Waals surface area contributed by atoms with Crippen LogP contribution in [-0.2, 0) is 19.1 Å². The maximum Gasteiger partial charge on any atom is 0.302 e. The number of amides is 1. The van der Waals surface area contributed by atoms with Gasteiger partial charge in [-0.15, -0.1) is 0 Å².